The maximum absolute atomic E-state index is 12.7. The molecule has 2 atom stereocenters. The molecule has 0 aromatic heterocycles. The Morgan fingerprint density at radius 1 is 1.13 bits per heavy atom. The highest BCUT2D eigenvalue weighted by Gasteiger charge is 2.61. The van der Waals surface area contributed by atoms with Gasteiger partial charge in [0.15, 0.2) is 0 Å². The van der Waals surface area contributed by atoms with Gasteiger partial charge in [-0.15, -0.1) is 0 Å². The first-order valence-corrected chi connectivity index (χ1v) is 11.3. The predicted octanol–water partition coefficient (Wildman–Crippen LogP) is 2.64. The molecular weight excluding hydrogens is 394 g/mol. The van der Waals surface area contributed by atoms with E-state index >= 15 is 0 Å². The fourth-order valence-electron chi connectivity index (χ4n) is 4.97. The third-order valence-corrected chi connectivity index (χ3v) is 6.71. The van der Waals surface area contributed by atoms with E-state index in [1.54, 1.807) is 7.11 Å². The van der Waals surface area contributed by atoms with Crippen molar-refractivity contribution in [2.45, 2.75) is 39.2 Å². The largest absolute Gasteiger partial charge is 0.497 e. The van der Waals surface area contributed by atoms with Crippen molar-refractivity contribution in [3.8, 4) is 5.75 Å². The molecule has 2 aliphatic heterocycles. The monoisotopic (exact) mass is 429 g/mol. The fourth-order valence-corrected chi connectivity index (χ4v) is 4.97. The van der Waals surface area contributed by atoms with Crippen molar-refractivity contribution in [3.63, 3.8) is 0 Å². The van der Waals surface area contributed by atoms with Crippen molar-refractivity contribution in [2.24, 2.45) is 11.3 Å². The van der Waals surface area contributed by atoms with Gasteiger partial charge in [-0.2, -0.15) is 0 Å². The number of hydrogen-bond donors (Lipinski definition) is 0. The van der Waals surface area contributed by atoms with Gasteiger partial charge in [0.25, 0.3) is 0 Å². The number of carbonyl (C=O) groups excluding carboxylic acids is 2. The van der Waals surface area contributed by atoms with E-state index in [2.05, 4.69) is 4.90 Å². The molecule has 0 unspecified atom stereocenters. The van der Waals surface area contributed by atoms with Crippen LogP contribution in [-0.2, 0) is 16.0 Å². The van der Waals surface area contributed by atoms with Crippen LogP contribution in [0.25, 0.3) is 0 Å². The molecule has 1 aliphatic carbocycles. The lowest BCUT2D eigenvalue weighted by molar-refractivity contribution is -0.132. The van der Waals surface area contributed by atoms with Gasteiger partial charge in [-0.25, -0.2) is 4.79 Å². The molecule has 0 N–H and O–H groups in total. The Morgan fingerprint density at radius 3 is 2.55 bits per heavy atom. The lowest BCUT2D eigenvalue weighted by atomic mass is 10.0. The Morgan fingerprint density at radius 2 is 1.87 bits per heavy atom. The lowest BCUT2D eigenvalue weighted by Crippen LogP contribution is -2.51. The minimum Gasteiger partial charge on any atom is -0.497 e. The first kappa shape index (κ1) is 21.9. The van der Waals surface area contributed by atoms with Crippen molar-refractivity contribution in [2.75, 3.05) is 52.9 Å². The number of fused-ring (bicyclic) bond motifs is 1. The fraction of sp³-hybridized carbons (Fsp3) is 0.667. The summed E-state index contributed by atoms with van der Waals surface area (Å²) in [6, 6.07) is 7.72. The maximum Gasteiger partial charge on any atom is 0.410 e. The number of likely N-dealkylation sites (tertiary alicyclic amines) is 1. The number of piperazine rings is 1. The molecule has 3 aliphatic rings. The van der Waals surface area contributed by atoms with Gasteiger partial charge in [0, 0.05) is 51.2 Å². The average molecular weight is 430 g/mol. The molecule has 2 amide bonds. The van der Waals surface area contributed by atoms with E-state index in [1.807, 2.05) is 54.8 Å². The number of ether oxygens (including phenoxy) is 2. The van der Waals surface area contributed by atoms with Crippen LogP contribution in [0.1, 0.15) is 32.8 Å². The number of amides is 2. The van der Waals surface area contributed by atoms with Gasteiger partial charge in [-0.05, 0) is 50.8 Å². The van der Waals surface area contributed by atoms with E-state index in [9.17, 15) is 9.59 Å². The number of nitrogens with zero attached hydrogens (tertiary/aromatic N) is 3. The van der Waals surface area contributed by atoms with Crippen LogP contribution in [0.2, 0.25) is 0 Å². The highest BCUT2D eigenvalue weighted by atomic mass is 16.6. The quantitative estimate of drug-likeness (QED) is 0.720. The molecule has 2 heterocycles. The van der Waals surface area contributed by atoms with E-state index in [-0.39, 0.29) is 17.4 Å². The van der Waals surface area contributed by atoms with Gasteiger partial charge >= 0.3 is 6.09 Å². The van der Waals surface area contributed by atoms with Crippen LogP contribution in [-0.4, -0.2) is 85.2 Å². The second kappa shape index (κ2) is 8.34. The summed E-state index contributed by atoms with van der Waals surface area (Å²) in [5, 5.41) is 0. The summed E-state index contributed by atoms with van der Waals surface area (Å²) in [6.07, 6.45) is 1.42. The first-order chi connectivity index (χ1) is 14.7. The van der Waals surface area contributed by atoms with E-state index in [0.29, 0.717) is 12.3 Å². The van der Waals surface area contributed by atoms with E-state index < -0.39 is 5.60 Å². The summed E-state index contributed by atoms with van der Waals surface area (Å²) in [5.74, 6) is 1.55. The molecular formula is C24H35N3O4. The van der Waals surface area contributed by atoms with Crippen LogP contribution in [0, 0.1) is 11.3 Å². The molecule has 170 valence electrons. The zero-order chi connectivity index (χ0) is 22.2. The molecule has 7 nitrogen and oxygen atoms in total. The summed E-state index contributed by atoms with van der Waals surface area (Å²) in [5.41, 5.74) is 0.758. The average Bonchev–Trinajstić information content (AvgIpc) is 3.25. The highest BCUT2D eigenvalue weighted by molar-refractivity contribution is 5.79. The number of benzene rings is 1. The maximum atomic E-state index is 12.7. The van der Waals surface area contributed by atoms with Crippen molar-refractivity contribution in [1.29, 1.82) is 0 Å². The highest BCUT2D eigenvalue weighted by Crippen LogP contribution is 2.58. The zero-order valence-corrected chi connectivity index (χ0v) is 19.2. The van der Waals surface area contributed by atoms with Gasteiger partial charge in [-0.1, -0.05) is 12.1 Å². The summed E-state index contributed by atoms with van der Waals surface area (Å²) >= 11 is 0. The van der Waals surface area contributed by atoms with E-state index in [4.69, 9.17) is 9.47 Å². The van der Waals surface area contributed by atoms with Crippen LogP contribution in [0.4, 0.5) is 4.79 Å². The number of carbonyl (C=O) groups is 2. The van der Waals surface area contributed by atoms with Crippen LogP contribution in [0.15, 0.2) is 24.3 Å². The third kappa shape index (κ3) is 5.14. The summed E-state index contributed by atoms with van der Waals surface area (Å²) in [4.78, 5) is 31.5. The molecule has 0 radical (unpaired) electrons. The summed E-state index contributed by atoms with van der Waals surface area (Å²) < 4.78 is 10.8. The van der Waals surface area contributed by atoms with Gasteiger partial charge in [0.2, 0.25) is 5.91 Å². The second-order valence-electron chi connectivity index (χ2n) is 10.3. The predicted molar refractivity (Wildman–Crippen MR) is 118 cm³/mol. The first-order valence-electron chi connectivity index (χ1n) is 11.3. The topological polar surface area (TPSA) is 62.3 Å². The molecule has 1 aromatic rings. The van der Waals surface area contributed by atoms with Crippen LogP contribution >= 0.6 is 0 Å². The number of methoxy groups -OCH3 is 1. The molecule has 3 fully saturated rings. The van der Waals surface area contributed by atoms with Crippen molar-refractivity contribution >= 4 is 12.0 Å². The van der Waals surface area contributed by atoms with Crippen LogP contribution in [0.3, 0.4) is 0 Å². The Balaban J connectivity index is 1.23. The summed E-state index contributed by atoms with van der Waals surface area (Å²) in [6.45, 7) is 11.7. The van der Waals surface area contributed by atoms with Crippen LogP contribution < -0.4 is 4.74 Å². The van der Waals surface area contributed by atoms with Gasteiger partial charge in [0.05, 0.1) is 13.5 Å². The third-order valence-electron chi connectivity index (χ3n) is 6.71. The number of piperidine rings is 1. The molecule has 1 saturated carbocycles. The lowest BCUT2D eigenvalue weighted by Gasteiger charge is -2.36. The number of hydrogen-bond acceptors (Lipinski definition) is 5. The standard InChI is InChI=1S/C24H35N3O4/c1-23(2,3)31-22(29)27-15-19-14-24(19,17-27)16-25-8-10-26(11-9-25)21(28)13-18-6-5-7-20(12-18)30-4/h5-7,12,19H,8-11,13-17H2,1-4H3/t19-,24-/m0/s1. The van der Waals surface area contributed by atoms with E-state index in [1.165, 1.54) is 6.42 Å². The number of rotatable bonds is 5. The van der Waals surface area contributed by atoms with Gasteiger partial charge < -0.3 is 19.3 Å². The Hall–Kier alpha value is -2.28. The van der Waals surface area contributed by atoms with E-state index in [0.717, 1.165) is 57.1 Å². The molecule has 2 saturated heterocycles. The minimum atomic E-state index is -0.454. The SMILES string of the molecule is COc1cccc(CC(=O)N2CCN(C[C@]34C[C@H]3CN(C(=O)OC(C)(C)C)C4)CC2)c1. The van der Waals surface area contributed by atoms with Crippen molar-refractivity contribution < 1.29 is 19.1 Å². The Labute approximate surface area is 185 Å². The molecule has 0 spiro atoms. The van der Waals surface area contributed by atoms with Crippen LogP contribution in [0.5, 0.6) is 5.75 Å². The zero-order valence-electron chi connectivity index (χ0n) is 19.2. The molecule has 7 heteroatoms. The minimum absolute atomic E-state index is 0.173. The summed E-state index contributed by atoms with van der Waals surface area (Å²) in [7, 11) is 1.64. The van der Waals surface area contributed by atoms with Gasteiger partial charge in [-0.3, -0.25) is 9.69 Å². The molecule has 1 aromatic carbocycles. The molecule has 4 rings (SSSR count). The van der Waals surface area contributed by atoms with Crippen molar-refractivity contribution in [3.05, 3.63) is 29.8 Å². The molecule has 31 heavy (non-hydrogen) atoms. The Kier molecular flexibility index (Phi) is 5.90. The molecule has 0 bridgehead atoms. The normalized spacial score (nSPS) is 25.9. The second-order valence-corrected chi connectivity index (χ2v) is 10.3. The Bertz CT molecular complexity index is 828. The van der Waals surface area contributed by atoms with Gasteiger partial charge in [0.1, 0.15) is 11.4 Å². The smallest absolute Gasteiger partial charge is 0.410 e. The van der Waals surface area contributed by atoms with Crippen molar-refractivity contribution in [1.82, 2.24) is 14.7 Å².